The summed E-state index contributed by atoms with van der Waals surface area (Å²) in [6.45, 7) is 2.80. The predicted molar refractivity (Wildman–Crippen MR) is 73.2 cm³/mol. The van der Waals surface area contributed by atoms with Crippen LogP contribution in [0, 0.1) is 11.8 Å². The highest BCUT2D eigenvalue weighted by Crippen LogP contribution is 2.29. The van der Waals surface area contributed by atoms with Crippen molar-refractivity contribution in [2.45, 2.75) is 19.8 Å². The molecule has 0 aromatic rings. The van der Waals surface area contributed by atoms with E-state index in [9.17, 15) is 13.2 Å². The standard InChI is InChI=1S/C12H20ClNO3S/c1-3-5-10-8-14(18(2,16)17)9-11(10)12(15)6-4-7-13/h4,6,10-11H,3,5,7-9H2,1-2H3/t10-,11?/m0/s1. The Balaban J connectivity index is 2.81. The topological polar surface area (TPSA) is 54.5 Å². The Morgan fingerprint density at radius 1 is 1.44 bits per heavy atom. The van der Waals surface area contributed by atoms with Crippen molar-refractivity contribution in [3.63, 3.8) is 0 Å². The lowest BCUT2D eigenvalue weighted by molar-refractivity contribution is -0.118. The van der Waals surface area contributed by atoms with Crippen LogP contribution in [0.1, 0.15) is 19.8 Å². The number of carbonyl (C=O) groups excluding carboxylic acids is 1. The minimum atomic E-state index is -3.21. The van der Waals surface area contributed by atoms with E-state index in [2.05, 4.69) is 0 Å². The maximum atomic E-state index is 12.0. The average Bonchev–Trinajstić information content (AvgIpc) is 2.70. The number of hydrogen-bond donors (Lipinski definition) is 0. The number of ketones is 1. The van der Waals surface area contributed by atoms with E-state index in [1.54, 1.807) is 6.08 Å². The molecule has 2 atom stereocenters. The van der Waals surface area contributed by atoms with Gasteiger partial charge in [0, 0.05) is 24.9 Å². The van der Waals surface area contributed by atoms with E-state index in [4.69, 9.17) is 11.6 Å². The summed E-state index contributed by atoms with van der Waals surface area (Å²) in [6, 6.07) is 0. The van der Waals surface area contributed by atoms with Crippen LogP contribution in [0.5, 0.6) is 0 Å². The molecule has 1 saturated heterocycles. The first-order valence-corrected chi connectivity index (χ1v) is 8.49. The van der Waals surface area contributed by atoms with Gasteiger partial charge in [-0.2, -0.15) is 0 Å². The van der Waals surface area contributed by atoms with Gasteiger partial charge in [0.15, 0.2) is 5.78 Å². The van der Waals surface area contributed by atoms with Gasteiger partial charge in [-0.25, -0.2) is 12.7 Å². The highest BCUT2D eigenvalue weighted by molar-refractivity contribution is 7.88. The van der Waals surface area contributed by atoms with Crippen LogP contribution < -0.4 is 0 Å². The highest BCUT2D eigenvalue weighted by Gasteiger charge is 2.39. The van der Waals surface area contributed by atoms with E-state index in [0.717, 1.165) is 12.8 Å². The Morgan fingerprint density at radius 2 is 2.11 bits per heavy atom. The maximum Gasteiger partial charge on any atom is 0.211 e. The second-order valence-corrected chi connectivity index (χ2v) is 6.99. The predicted octanol–water partition coefficient (Wildman–Crippen LogP) is 1.66. The normalized spacial score (nSPS) is 25.9. The molecule has 4 nitrogen and oxygen atoms in total. The first-order chi connectivity index (χ1) is 8.40. The van der Waals surface area contributed by atoms with Crippen molar-refractivity contribution in [3.05, 3.63) is 12.2 Å². The zero-order valence-corrected chi connectivity index (χ0v) is 12.4. The van der Waals surface area contributed by atoms with Crippen LogP contribution in [0.25, 0.3) is 0 Å². The van der Waals surface area contributed by atoms with Crippen LogP contribution in [0.15, 0.2) is 12.2 Å². The average molecular weight is 294 g/mol. The molecule has 1 rings (SSSR count). The molecule has 0 N–H and O–H groups in total. The first-order valence-electron chi connectivity index (χ1n) is 6.11. The number of rotatable bonds is 6. The molecule has 0 radical (unpaired) electrons. The molecule has 0 aliphatic carbocycles. The fraction of sp³-hybridized carbons (Fsp3) is 0.750. The van der Waals surface area contributed by atoms with Crippen LogP contribution >= 0.6 is 11.6 Å². The maximum absolute atomic E-state index is 12.0. The molecular weight excluding hydrogens is 274 g/mol. The second-order valence-electron chi connectivity index (χ2n) is 4.69. The van der Waals surface area contributed by atoms with Crippen molar-refractivity contribution in [1.29, 1.82) is 0 Å². The number of hydrogen-bond acceptors (Lipinski definition) is 3. The lowest BCUT2D eigenvalue weighted by Gasteiger charge is -2.14. The van der Waals surface area contributed by atoms with Crippen LogP contribution in [0.2, 0.25) is 0 Å². The van der Waals surface area contributed by atoms with E-state index >= 15 is 0 Å². The highest BCUT2D eigenvalue weighted by atomic mass is 35.5. The summed E-state index contributed by atoms with van der Waals surface area (Å²) >= 11 is 5.51. The van der Waals surface area contributed by atoms with Gasteiger partial charge < -0.3 is 0 Å². The van der Waals surface area contributed by atoms with Crippen LogP contribution in [-0.4, -0.2) is 43.7 Å². The first kappa shape index (κ1) is 15.7. The van der Waals surface area contributed by atoms with Crippen LogP contribution in [-0.2, 0) is 14.8 Å². The fourth-order valence-corrected chi connectivity index (χ4v) is 3.36. The van der Waals surface area contributed by atoms with Gasteiger partial charge in [-0.1, -0.05) is 19.4 Å². The third-order valence-corrected chi connectivity index (χ3v) is 4.69. The number of allylic oxidation sites excluding steroid dienone is 2. The van der Waals surface area contributed by atoms with Gasteiger partial charge in [0.1, 0.15) is 0 Å². The Morgan fingerprint density at radius 3 is 2.61 bits per heavy atom. The Hall–Kier alpha value is -0.390. The van der Waals surface area contributed by atoms with Gasteiger partial charge in [-0.05, 0) is 18.4 Å². The monoisotopic (exact) mass is 293 g/mol. The summed E-state index contributed by atoms with van der Waals surface area (Å²) < 4.78 is 24.5. The molecule has 6 heteroatoms. The third kappa shape index (κ3) is 4.07. The summed E-state index contributed by atoms with van der Waals surface area (Å²) in [6.07, 6.45) is 6.10. The molecule has 0 saturated carbocycles. The summed E-state index contributed by atoms with van der Waals surface area (Å²) in [5.74, 6) is 0.184. The molecule has 1 aliphatic heterocycles. The molecule has 1 fully saturated rings. The number of carbonyl (C=O) groups is 1. The molecule has 0 spiro atoms. The summed E-state index contributed by atoms with van der Waals surface area (Å²) in [5.41, 5.74) is 0. The molecule has 0 amide bonds. The Kier molecular flexibility index (Phi) is 5.82. The molecule has 0 bridgehead atoms. The van der Waals surface area contributed by atoms with Crippen molar-refractivity contribution in [3.8, 4) is 0 Å². The van der Waals surface area contributed by atoms with Gasteiger partial charge in [-0.3, -0.25) is 4.79 Å². The van der Waals surface area contributed by atoms with Crippen LogP contribution in [0.4, 0.5) is 0 Å². The van der Waals surface area contributed by atoms with E-state index < -0.39 is 10.0 Å². The molecule has 1 aliphatic rings. The van der Waals surface area contributed by atoms with Gasteiger partial charge in [0.05, 0.1) is 6.26 Å². The van der Waals surface area contributed by atoms with E-state index in [1.807, 2.05) is 6.92 Å². The fourth-order valence-electron chi connectivity index (χ4n) is 2.37. The molecule has 18 heavy (non-hydrogen) atoms. The van der Waals surface area contributed by atoms with E-state index in [-0.39, 0.29) is 17.6 Å². The molecular formula is C12H20ClNO3S. The van der Waals surface area contributed by atoms with Crippen LogP contribution in [0.3, 0.4) is 0 Å². The zero-order chi connectivity index (χ0) is 13.8. The summed E-state index contributed by atoms with van der Waals surface area (Å²) in [7, 11) is -3.21. The molecule has 0 aromatic heterocycles. The smallest absolute Gasteiger partial charge is 0.211 e. The lowest BCUT2D eigenvalue weighted by Crippen LogP contribution is -2.28. The van der Waals surface area contributed by atoms with Gasteiger partial charge in [-0.15, -0.1) is 11.6 Å². The summed E-state index contributed by atoms with van der Waals surface area (Å²) in [4.78, 5) is 12.0. The van der Waals surface area contributed by atoms with E-state index in [0.29, 0.717) is 19.0 Å². The number of alkyl halides is 1. The van der Waals surface area contributed by atoms with Gasteiger partial charge in [0.2, 0.25) is 10.0 Å². The van der Waals surface area contributed by atoms with Crippen molar-refractivity contribution >= 4 is 27.4 Å². The van der Waals surface area contributed by atoms with Gasteiger partial charge >= 0.3 is 0 Å². The Labute approximate surface area is 114 Å². The minimum absolute atomic E-state index is 0.0137. The van der Waals surface area contributed by atoms with Crippen molar-refractivity contribution in [2.75, 3.05) is 25.2 Å². The molecule has 1 unspecified atom stereocenters. The number of nitrogens with zero attached hydrogens (tertiary/aromatic N) is 1. The third-order valence-electron chi connectivity index (χ3n) is 3.27. The molecule has 0 aromatic carbocycles. The Bertz CT molecular complexity index is 419. The van der Waals surface area contributed by atoms with Gasteiger partial charge in [0.25, 0.3) is 0 Å². The quantitative estimate of drug-likeness (QED) is 0.553. The van der Waals surface area contributed by atoms with Crippen molar-refractivity contribution < 1.29 is 13.2 Å². The zero-order valence-electron chi connectivity index (χ0n) is 10.8. The second kappa shape index (κ2) is 6.68. The lowest BCUT2D eigenvalue weighted by atomic mass is 9.88. The van der Waals surface area contributed by atoms with E-state index in [1.165, 1.54) is 16.6 Å². The minimum Gasteiger partial charge on any atom is -0.294 e. The molecule has 104 valence electrons. The van der Waals surface area contributed by atoms with Crippen molar-refractivity contribution in [2.24, 2.45) is 11.8 Å². The number of halogens is 1. The largest absolute Gasteiger partial charge is 0.294 e. The SMILES string of the molecule is CCC[C@H]1CN(S(C)(=O)=O)CC1C(=O)C=CCCl. The molecule has 1 heterocycles. The van der Waals surface area contributed by atoms with Crippen molar-refractivity contribution in [1.82, 2.24) is 4.31 Å². The summed E-state index contributed by atoms with van der Waals surface area (Å²) in [5, 5.41) is 0. The number of sulfonamides is 1.